The average molecular weight is 340 g/mol. The molecule has 8 nitrogen and oxygen atoms in total. The van der Waals surface area contributed by atoms with Gasteiger partial charge in [-0.25, -0.2) is 9.97 Å². The van der Waals surface area contributed by atoms with E-state index in [0.29, 0.717) is 12.5 Å². The summed E-state index contributed by atoms with van der Waals surface area (Å²) in [6, 6.07) is 0. The van der Waals surface area contributed by atoms with Gasteiger partial charge in [0.25, 0.3) is 0 Å². The van der Waals surface area contributed by atoms with Crippen LogP contribution in [0.1, 0.15) is 36.2 Å². The number of hydrogen-bond donors (Lipinski definition) is 0. The van der Waals surface area contributed by atoms with Gasteiger partial charge in [-0.1, -0.05) is 0 Å². The number of aromatic nitrogens is 7. The van der Waals surface area contributed by atoms with Crippen LogP contribution in [0.5, 0.6) is 0 Å². The summed E-state index contributed by atoms with van der Waals surface area (Å²) in [7, 11) is 4.12. The van der Waals surface area contributed by atoms with Gasteiger partial charge in [0.05, 0.1) is 19.4 Å². The molecule has 0 amide bonds. The molecule has 0 unspecified atom stereocenters. The lowest BCUT2D eigenvalue weighted by atomic mass is 9.96. The zero-order valence-corrected chi connectivity index (χ0v) is 14.8. The molecule has 0 atom stereocenters. The normalized spacial score (nSPS) is 16.6. The molecule has 0 radical (unpaired) electrons. The van der Waals surface area contributed by atoms with Crippen LogP contribution in [0.25, 0.3) is 0 Å². The molecule has 4 rings (SSSR count). The number of piperidine rings is 1. The van der Waals surface area contributed by atoms with Crippen LogP contribution in [0.2, 0.25) is 0 Å². The molecule has 0 bridgehead atoms. The van der Waals surface area contributed by atoms with Gasteiger partial charge in [-0.15, -0.1) is 10.2 Å². The summed E-state index contributed by atoms with van der Waals surface area (Å²) in [4.78, 5) is 11.0. The van der Waals surface area contributed by atoms with E-state index in [9.17, 15) is 0 Å². The Morgan fingerprint density at radius 1 is 1.00 bits per heavy atom. The van der Waals surface area contributed by atoms with E-state index >= 15 is 0 Å². The van der Waals surface area contributed by atoms with Crippen LogP contribution in [0.15, 0.2) is 31.1 Å². The lowest BCUT2D eigenvalue weighted by molar-refractivity contribution is 0.194. The Labute approximate surface area is 147 Å². The van der Waals surface area contributed by atoms with Gasteiger partial charge < -0.3 is 13.7 Å². The third-order valence-electron chi connectivity index (χ3n) is 5.12. The van der Waals surface area contributed by atoms with Gasteiger partial charge in [0.2, 0.25) is 0 Å². The van der Waals surface area contributed by atoms with Crippen LogP contribution in [-0.2, 0) is 27.2 Å². The third kappa shape index (κ3) is 3.34. The molecule has 1 aliphatic heterocycles. The minimum Gasteiger partial charge on any atom is -0.337 e. The molecule has 0 N–H and O–H groups in total. The lowest BCUT2D eigenvalue weighted by Crippen LogP contribution is -2.34. The van der Waals surface area contributed by atoms with Crippen LogP contribution in [0, 0.1) is 0 Å². The van der Waals surface area contributed by atoms with E-state index in [1.165, 1.54) is 0 Å². The maximum atomic E-state index is 4.48. The van der Waals surface area contributed by atoms with Gasteiger partial charge in [0.15, 0.2) is 5.82 Å². The van der Waals surface area contributed by atoms with Crippen LogP contribution in [-0.4, -0.2) is 51.9 Å². The predicted octanol–water partition coefficient (Wildman–Crippen LogP) is 1.17. The Morgan fingerprint density at radius 2 is 1.84 bits per heavy atom. The number of hydrogen-bond acceptors (Lipinski definition) is 5. The van der Waals surface area contributed by atoms with Crippen molar-refractivity contribution in [2.45, 2.75) is 31.8 Å². The Kier molecular flexibility index (Phi) is 4.35. The maximum absolute atomic E-state index is 4.48. The van der Waals surface area contributed by atoms with E-state index in [2.05, 4.69) is 48.3 Å². The lowest BCUT2D eigenvalue weighted by Gasteiger charge is -2.31. The molecule has 0 aromatic carbocycles. The molecule has 1 aliphatic rings. The Morgan fingerprint density at radius 3 is 2.52 bits per heavy atom. The summed E-state index contributed by atoms with van der Waals surface area (Å²) in [5, 5.41) is 8.87. The van der Waals surface area contributed by atoms with E-state index in [4.69, 9.17) is 0 Å². The zero-order valence-electron chi connectivity index (χ0n) is 14.8. The highest BCUT2D eigenvalue weighted by molar-refractivity contribution is 5.04. The fourth-order valence-corrected chi connectivity index (χ4v) is 3.51. The predicted molar refractivity (Wildman–Crippen MR) is 92.8 cm³/mol. The molecule has 0 aliphatic carbocycles. The van der Waals surface area contributed by atoms with Gasteiger partial charge in [0, 0.05) is 44.8 Å². The fourth-order valence-electron chi connectivity index (χ4n) is 3.51. The summed E-state index contributed by atoms with van der Waals surface area (Å²) in [5.41, 5.74) is 0. The standard InChI is InChI=1S/C17H24N8/c1-22-9-6-19-15(22)11-24-7-3-14(4-8-24)17-21-20-16(23(17)2)12-25-10-5-18-13-25/h5-6,9-10,13-14H,3-4,7-8,11-12H2,1-2H3. The SMILES string of the molecule is Cn1ccnc1CN1CCC(c2nnc(Cn3ccnc3)n2C)CC1. The van der Waals surface area contributed by atoms with Crippen LogP contribution in [0.3, 0.4) is 0 Å². The highest BCUT2D eigenvalue weighted by Gasteiger charge is 2.25. The first kappa shape index (κ1) is 16.0. The Balaban J connectivity index is 1.38. The molecule has 4 heterocycles. The molecule has 1 saturated heterocycles. The van der Waals surface area contributed by atoms with Gasteiger partial charge in [-0.2, -0.15) is 0 Å². The fraction of sp³-hybridized carbons (Fsp3) is 0.529. The van der Waals surface area contributed by atoms with Crippen molar-refractivity contribution in [3.8, 4) is 0 Å². The van der Waals surface area contributed by atoms with Crippen LogP contribution in [0.4, 0.5) is 0 Å². The molecular weight excluding hydrogens is 316 g/mol. The highest BCUT2D eigenvalue weighted by Crippen LogP contribution is 2.27. The van der Waals surface area contributed by atoms with E-state index in [1.807, 2.05) is 29.5 Å². The molecule has 8 heteroatoms. The van der Waals surface area contributed by atoms with Gasteiger partial charge in [-0.3, -0.25) is 4.90 Å². The van der Waals surface area contributed by atoms with Gasteiger partial charge in [0.1, 0.15) is 11.6 Å². The van der Waals surface area contributed by atoms with Crippen LogP contribution < -0.4 is 0 Å². The minimum atomic E-state index is 0.478. The van der Waals surface area contributed by atoms with Gasteiger partial charge >= 0.3 is 0 Å². The molecule has 0 spiro atoms. The molecule has 25 heavy (non-hydrogen) atoms. The largest absolute Gasteiger partial charge is 0.337 e. The van der Waals surface area contributed by atoms with Crippen molar-refractivity contribution in [2.75, 3.05) is 13.1 Å². The second-order valence-electron chi connectivity index (χ2n) is 6.77. The first-order valence-corrected chi connectivity index (χ1v) is 8.73. The summed E-state index contributed by atoms with van der Waals surface area (Å²) < 4.78 is 6.26. The molecule has 1 fully saturated rings. The van der Waals surface area contributed by atoms with Crippen molar-refractivity contribution < 1.29 is 0 Å². The van der Waals surface area contributed by atoms with E-state index < -0.39 is 0 Å². The zero-order chi connectivity index (χ0) is 17.2. The highest BCUT2D eigenvalue weighted by atomic mass is 15.3. The smallest absolute Gasteiger partial charge is 0.152 e. The molecule has 0 saturated carbocycles. The first-order chi connectivity index (χ1) is 12.2. The maximum Gasteiger partial charge on any atom is 0.152 e. The van der Waals surface area contributed by atoms with Crippen molar-refractivity contribution in [2.24, 2.45) is 14.1 Å². The van der Waals surface area contributed by atoms with E-state index in [1.54, 1.807) is 6.20 Å². The minimum absolute atomic E-state index is 0.478. The first-order valence-electron chi connectivity index (χ1n) is 8.73. The van der Waals surface area contributed by atoms with Crippen molar-refractivity contribution in [1.29, 1.82) is 0 Å². The van der Waals surface area contributed by atoms with Crippen molar-refractivity contribution in [3.05, 3.63) is 48.6 Å². The summed E-state index contributed by atoms with van der Waals surface area (Å²) in [6.07, 6.45) is 11.6. The monoisotopic (exact) mass is 340 g/mol. The molecule has 132 valence electrons. The summed E-state index contributed by atoms with van der Waals surface area (Å²) in [6.45, 7) is 3.77. The van der Waals surface area contributed by atoms with Crippen molar-refractivity contribution in [3.63, 3.8) is 0 Å². The van der Waals surface area contributed by atoms with Crippen molar-refractivity contribution >= 4 is 0 Å². The quantitative estimate of drug-likeness (QED) is 0.697. The number of imidazole rings is 2. The van der Waals surface area contributed by atoms with E-state index in [0.717, 1.165) is 49.9 Å². The number of rotatable bonds is 5. The Bertz CT molecular complexity index is 808. The second kappa shape index (κ2) is 6.79. The number of aryl methyl sites for hydroxylation is 1. The van der Waals surface area contributed by atoms with Crippen LogP contribution >= 0.6 is 0 Å². The molecular formula is C17H24N8. The summed E-state index contributed by atoms with van der Waals surface area (Å²) >= 11 is 0. The number of likely N-dealkylation sites (tertiary alicyclic amines) is 1. The van der Waals surface area contributed by atoms with Crippen molar-refractivity contribution in [1.82, 2.24) is 38.8 Å². The average Bonchev–Trinajstić information content (AvgIpc) is 3.34. The molecule has 3 aromatic rings. The topological polar surface area (TPSA) is 69.6 Å². The third-order valence-corrected chi connectivity index (χ3v) is 5.12. The van der Waals surface area contributed by atoms with Gasteiger partial charge in [-0.05, 0) is 25.9 Å². The summed E-state index contributed by atoms with van der Waals surface area (Å²) in [5.74, 6) is 3.68. The van der Waals surface area contributed by atoms with E-state index in [-0.39, 0.29) is 0 Å². The number of nitrogens with zero attached hydrogens (tertiary/aromatic N) is 8. The second-order valence-corrected chi connectivity index (χ2v) is 6.77. The Hall–Kier alpha value is -2.48. The molecule has 3 aromatic heterocycles.